The Kier molecular flexibility index (Phi) is 8.66. The first kappa shape index (κ1) is 22.9. The summed E-state index contributed by atoms with van der Waals surface area (Å²) in [6, 6.07) is 7.02. The van der Waals surface area contributed by atoms with E-state index in [4.69, 9.17) is 5.14 Å². The highest BCUT2D eigenvalue weighted by atomic mass is 32.2. The smallest absolute Gasteiger partial charge is 0.227 e. The third-order valence-electron chi connectivity index (χ3n) is 4.65. The summed E-state index contributed by atoms with van der Waals surface area (Å²) in [5.74, 6) is -1.19. The van der Waals surface area contributed by atoms with E-state index in [1.807, 2.05) is 0 Å². The summed E-state index contributed by atoms with van der Waals surface area (Å²) in [4.78, 5) is 16.0. The van der Waals surface area contributed by atoms with Crippen molar-refractivity contribution in [2.45, 2.75) is 37.6 Å². The number of anilines is 1. The Morgan fingerprint density at radius 2 is 2.07 bits per heavy atom. The molecule has 6 nitrogen and oxygen atoms in total. The molecule has 1 aromatic carbocycles. The lowest BCUT2D eigenvalue weighted by Gasteiger charge is -2.25. The second-order valence-corrected chi connectivity index (χ2v) is 7.91. The number of hydrogen-bond donors (Lipinski definition) is 2. The Morgan fingerprint density at radius 1 is 1.31 bits per heavy atom. The zero-order chi connectivity index (χ0) is 21.4. The molecule has 0 aliphatic heterocycles. The number of pyridine rings is 1. The molecule has 3 N–H and O–H groups in total. The van der Waals surface area contributed by atoms with Crippen molar-refractivity contribution < 1.29 is 22.5 Å². The highest BCUT2D eigenvalue weighted by Crippen LogP contribution is 2.29. The third-order valence-corrected chi connectivity index (χ3v) is 5.29. The molecule has 0 radical (unpaired) electrons. The molecule has 1 fully saturated rings. The molecule has 0 saturated heterocycles. The number of ether oxygens (including phenoxy) is 1. The Balaban J connectivity index is 0.000000253. The molecule has 3 unspecified atom stereocenters. The van der Waals surface area contributed by atoms with Gasteiger partial charge in [-0.25, -0.2) is 18.7 Å². The van der Waals surface area contributed by atoms with Crippen LogP contribution >= 0.6 is 0 Å². The summed E-state index contributed by atoms with van der Waals surface area (Å²) >= 11 is 0. The van der Waals surface area contributed by atoms with Crippen LogP contribution in [0.4, 0.5) is 14.5 Å². The van der Waals surface area contributed by atoms with Gasteiger partial charge >= 0.3 is 0 Å². The van der Waals surface area contributed by atoms with E-state index in [0.717, 1.165) is 25.3 Å². The van der Waals surface area contributed by atoms with Crippen LogP contribution in [0, 0.1) is 23.5 Å². The lowest BCUT2D eigenvalue weighted by Crippen LogP contribution is -2.27. The first-order chi connectivity index (χ1) is 13.8. The fraction of sp³-hybridized carbons (Fsp3) is 0.400. The topological polar surface area (TPSA) is 94.3 Å². The lowest BCUT2D eigenvalue weighted by molar-refractivity contribution is -0.121. The number of aromatic nitrogens is 1. The van der Waals surface area contributed by atoms with Gasteiger partial charge in [-0.2, -0.15) is 4.39 Å². The molecule has 0 bridgehead atoms. The minimum Gasteiger partial charge on any atom is -0.494 e. The fourth-order valence-electron chi connectivity index (χ4n) is 3.16. The summed E-state index contributed by atoms with van der Waals surface area (Å²) in [5, 5.41) is 8.40. The molecule has 3 atom stereocenters. The van der Waals surface area contributed by atoms with Gasteiger partial charge in [0.15, 0.2) is 11.6 Å². The van der Waals surface area contributed by atoms with Crippen molar-refractivity contribution in [1.29, 1.82) is 0 Å². The van der Waals surface area contributed by atoms with Gasteiger partial charge in [0.2, 0.25) is 11.7 Å². The molecule has 0 spiro atoms. The van der Waals surface area contributed by atoms with Gasteiger partial charge in [0, 0.05) is 17.8 Å². The first-order valence-electron chi connectivity index (χ1n) is 9.23. The number of carbonyl (C=O) groups is 1. The van der Waals surface area contributed by atoms with Crippen molar-refractivity contribution >= 4 is 22.6 Å². The summed E-state index contributed by atoms with van der Waals surface area (Å²) in [7, 11) is -0.337. The van der Waals surface area contributed by atoms with Crippen molar-refractivity contribution in [1.82, 2.24) is 4.98 Å². The number of rotatable bonds is 4. The molecule has 158 valence electrons. The Labute approximate surface area is 171 Å². The molecule has 1 aromatic heterocycles. The standard InChI is InChI=1S/C13H19N3O2S.C7H6F2O/c1-9-3-2-4-10(7-9)13(17)16-11-5-6-15-12(8-11)19(14)18;1-10-6-4-2-3-5(8)7(6)9/h5-6,8-10H,2-4,7,14H2,1H3,(H,15,16,17);2-4H,1H3. The van der Waals surface area contributed by atoms with E-state index >= 15 is 0 Å². The van der Waals surface area contributed by atoms with Crippen LogP contribution in [-0.4, -0.2) is 22.2 Å². The zero-order valence-corrected chi connectivity index (χ0v) is 17.2. The van der Waals surface area contributed by atoms with Crippen molar-refractivity contribution in [3.05, 3.63) is 48.2 Å². The number of amides is 1. The zero-order valence-electron chi connectivity index (χ0n) is 16.4. The molecule has 2 aromatic rings. The maximum atomic E-state index is 12.5. The summed E-state index contributed by atoms with van der Waals surface area (Å²) < 4.78 is 40.5. The highest BCUT2D eigenvalue weighted by molar-refractivity contribution is 7.82. The maximum absolute atomic E-state index is 12.5. The minimum atomic E-state index is -1.63. The minimum absolute atomic E-state index is 0.0338. The molecule has 29 heavy (non-hydrogen) atoms. The van der Waals surface area contributed by atoms with E-state index in [1.165, 1.54) is 31.9 Å². The van der Waals surface area contributed by atoms with E-state index in [2.05, 4.69) is 22.0 Å². The van der Waals surface area contributed by atoms with Crippen LogP contribution in [0.5, 0.6) is 5.75 Å². The predicted molar refractivity (Wildman–Crippen MR) is 107 cm³/mol. The van der Waals surface area contributed by atoms with Crippen molar-refractivity contribution in [2.75, 3.05) is 12.4 Å². The molecule has 9 heteroatoms. The maximum Gasteiger partial charge on any atom is 0.227 e. The van der Waals surface area contributed by atoms with Gasteiger partial charge in [-0.05, 0) is 43.0 Å². The number of hydrogen-bond acceptors (Lipinski definition) is 4. The van der Waals surface area contributed by atoms with E-state index in [1.54, 1.807) is 12.1 Å². The Bertz CT molecular complexity index is 867. The number of nitrogens with zero attached hydrogens (tertiary/aromatic N) is 1. The molecule has 1 aliphatic rings. The van der Waals surface area contributed by atoms with Crippen molar-refractivity contribution in [3.63, 3.8) is 0 Å². The third kappa shape index (κ3) is 6.86. The number of benzene rings is 1. The predicted octanol–water partition coefficient (Wildman–Crippen LogP) is 3.80. The van der Waals surface area contributed by atoms with Crippen LogP contribution in [0.15, 0.2) is 41.6 Å². The lowest BCUT2D eigenvalue weighted by atomic mass is 9.82. The average molecular weight is 426 g/mol. The van der Waals surface area contributed by atoms with Crippen molar-refractivity contribution in [2.24, 2.45) is 17.0 Å². The summed E-state index contributed by atoms with van der Waals surface area (Å²) in [6.45, 7) is 2.18. The van der Waals surface area contributed by atoms with Crippen LogP contribution in [0.25, 0.3) is 0 Å². The molecular weight excluding hydrogens is 400 g/mol. The summed E-state index contributed by atoms with van der Waals surface area (Å²) in [6.07, 6.45) is 5.69. The van der Waals surface area contributed by atoms with Gasteiger partial charge in [-0.1, -0.05) is 25.8 Å². The molecule has 1 saturated carbocycles. The number of nitrogens with two attached hydrogens (primary N) is 1. The Morgan fingerprint density at radius 3 is 2.69 bits per heavy atom. The Hall–Kier alpha value is -2.39. The number of halogens is 2. The van der Waals surface area contributed by atoms with Gasteiger partial charge < -0.3 is 10.1 Å². The second kappa shape index (κ2) is 11.0. The molecule has 3 rings (SSSR count). The van der Waals surface area contributed by atoms with Crippen LogP contribution in [-0.2, 0) is 15.8 Å². The van der Waals surface area contributed by atoms with E-state index in [0.29, 0.717) is 11.6 Å². The van der Waals surface area contributed by atoms with Crippen molar-refractivity contribution in [3.8, 4) is 5.75 Å². The van der Waals surface area contributed by atoms with Crippen LogP contribution in [0.2, 0.25) is 0 Å². The number of methoxy groups -OCH3 is 1. The monoisotopic (exact) mass is 425 g/mol. The van der Waals surface area contributed by atoms with Gasteiger partial charge in [0.1, 0.15) is 16.0 Å². The quantitative estimate of drug-likeness (QED) is 0.779. The van der Waals surface area contributed by atoms with Gasteiger partial charge in [-0.15, -0.1) is 0 Å². The van der Waals surface area contributed by atoms with Gasteiger partial charge in [0.25, 0.3) is 0 Å². The van der Waals surface area contributed by atoms with Crippen LogP contribution in [0.1, 0.15) is 32.6 Å². The second-order valence-electron chi connectivity index (χ2n) is 6.89. The van der Waals surface area contributed by atoms with Gasteiger partial charge in [0.05, 0.1) is 7.11 Å². The van der Waals surface area contributed by atoms with E-state index in [-0.39, 0.29) is 22.6 Å². The molecule has 1 heterocycles. The highest BCUT2D eigenvalue weighted by Gasteiger charge is 2.25. The SMILES string of the molecule is CC1CCCC(C(=O)Nc2ccnc(S(N)=O)c2)C1.COc1cccc(F)c1F. The van der Waals surface area contributed by atoms with E-state index in [9.17, 15) is 17.8 Å². The van der Waals surface area contributed by atoms with Crippen LogP contribution in [0.3, 0.4) is 0 Å². The molecular formula is C20H25F2N3O3S. The first-order valence-corrected chi connectivity index (χ1v) is 10.4. The van der Waals surface area contributed by atoms with Gasteiger partial charge in [-0.3, -0.25) is 4.79 Å². The normalized spacial score (nSPS) is 19.5. The van der Waals surface area contributed by atoms with E-state index < -0.39 is 22.6 Å². The average Bonchev–Trinajstić information content (AvgIpc) is 2.71. The van der Waals surface area contributed by atoms with Crippen LogP contribution < -0.4 is 15.2 Å². The fourth-order valence-corrected chi connectivity index (χ4v) is 3.56. The molecule has 1 amide bonds. The number of carbonyl (C=O) groups excluding carboxylic acids is 1. The summed E-state index contributed by atoms with van der Waals surface area (Å²) in [5.41, 5.74) is 0.604. The molecule has 1 aliphatic carbocycles. The number of nitrogens with one attached hydrogen (secondary N) is 1. The largest absolute Gasteiger partial charge is 0.494 e.